The lowest BCUT2D eigenvalue weighted by Crippen LogP contribution is -2.09. The van der Waals surface area contributed by atoms with Crippen molar-refractivity contribution in [3.63, 3.8) is 0 Å². The molecule has 0 aliphatic rings. The van der Waals surface area contributed by atoms with E-state index in [0.717, 1.165) is 12.1 Å². The number of nitro benzene ring substituents is 1. The fraction of sp³-hybridized carbons (Fsp3) is 0.0769. The second-order valence-electron chi connectivity index (χ2n) is 4.23. The zero-order chi connectivity index (χ0) is 17.4. The van der Waals surface area contributed by atoms with Crippen molar-refractivity contribution in [1.29, 1.82) is 0 Å². The van der Waals surface area contributed by atoms with Gasteiger partial charge in [0.15, 0.2) is 0 Å². The Bertz CT molecular complexity index is 756. The molecular weight excluding hydrogens is 349 g/mol. The average molecular weight is 354 g/mol. The first-order valence-electron chi connectivity index (χ1n) is 5.77. The second-order valence-corrected chi connectivity index (χ2v) is 4.64. The second kappa shape index (κ2) is 5.99. The third-order valence-corrected chi connectivity index (χ3v) is 2.95. The first kappa shape index (κ1) is 16.9. The van der Waals surface area contributed by atoms with Gasteiger partial charge in [0.25, 0.3) is 0 Å². The summed E-state index contributed by atoms with van der Waals surface area (Å²) in [6, 6.07) is 3.57. The smallest absolute Gasteiger partial charge is 0.420 e. The number of ether oxygens (including phenoxy) is 1. The molecule has 4 nitrogen and oxygen atoms in total. The highest BCUT2D eigenvalue weighted by atomic mass is 35.5. The van der Waals surface area contributed by atoms with Gasteiger partial charge in [-0.3, -0.25) is 10.1 Å². The van der Waals surface area contributed by atoms with Gasteiger partial charge in [-0.25, -0.2) is 4.39 Å². The van der Waals surface area contributed by atoms with E-state index < -0.39 is 44.8 Å². The minimum Gasteiger partial charge on any atom is -0.457 e. The quantitative estimate of drug-likeness (QED) is 0.425. The highest BCUT2D eigenvalue weighted by molar-refractivity contribution is 6.31. The molecule has 0 bridgehead atoms. The van der Waals surface area contributed by atoms with Crippen molar-refractivity contribution in [3.8, 4) is 11.5 Å². The summed E-state index contributed by atoms with van der Waals surface area (Å²) in [5, 5.41) is 9.53. The monoisotopic (exact) mass is 353 g/mol. The average Bonchev–Trinajstić information content (AvgIpc) is 2.35. The molecule has 2 aromatic carbocycles. The molecule has 0 heterocycles. The fourth-order valence-corrected chi connectivity index (χ4v) is 2.02. The molecule has 0 N–H and O–H groups in total. The van der Waals surface area contributed by atoms with E-state index in [1.807, 2.05) is 0 Å². The van der Waals surface area contributed by atoms with Crippen LogP contribution in [0.25, 0.3) is 0 Å². The van der Waals surface area contributed by atoms with Gasteiger partial charge in [-0.2, -0.15) is 17.6 Å². The molecule has 2 aromatic rings. The highest BCUT2D eigenvalue weighted by Gasteiger charge is 2.37. The van der Waals surface area contributed by atoms with Crippen molar-refractivity contribution in [2.75, 3.05) is 0 Å². The van der Waals surface area contributed by atoms with Gasteiger partial charge >= 0.3 is 11.9 Å². The van der Waals surface area contributed by atoms with Crippen LogP contribution in [0.4, 0.5) is 27.6 Å². The van der Waals surface area contributed by atoms with E-state index >= 15 is 0 Å². The highest BCUT2D eigenvalue weighted by Crippen LogP contribution is 2.39. The molecule has 0 radical (unpaired) electrons. The molecular formula is C13H5ClF5NO3. The fourth-order valence-electron chi connectivity index (χ4n) is 1.71. The number of halogens is 6. The van der Waals surface area contributed by atoms with Crippen LogP contribution in [-0.4, -0.2) is 4.92 Å². The van der Waals surface area contributed by atoms with E-state index in [1.165, 1.54) is 0 Å². The predicted octanol–water partition coefficient (Wildman–Crippen LogP) is 5.34. The van der Waals surface area contributed by atoms with Gasteiger partial charge in [0.2, 0.25) is 5.82 Å². The van der Waals surface area contributed by atoms with Gasteiger partial charge in [-0.1, -0.05) is 11.6 Å². The Hall–Kier alpha value is -2.42. The number of hydrogen-bond donors (Lipinski definition) is 0. The molecule has 10 heteroatoms. The number of hydrogen-bond acceptors (Lipinski definition) is 3. The van der Waals surface area contributed by atoms with Crippen LogP contribution in [0, 0.1) is 21.7 Å². The molecule has 0 spiro atoms. The van der Waals surface area contributed by atoms with E-state index in [1.54, 1.807) is 0 Å². The molecule has 0 atom stereocenters. The zero-order valence-corrected chi connectivity index (χ0v) is 11.6. The molecule has 0 saturated carbocycles. The van der Waals surface area contributed by atoms with Gasteiger partial charge in [0.1, 0.15) is 22.9 Å². The molecule has 0 aliphatic heterocycles. The largest absolute Gasteiger partial charge is 0.457 e. The third-order valence-electron chi connectivity index (χ3n) is 2.65. The van der Waals surface area contributed by atoms with Crippen LogP contribution >= 0.6 is 11.6 Å². The third kappa shape index (κ3) is 3.67. The molecule has 2 rings (SSSR count). The summed E-state index contributed by atoms with van der Waals surface area (Å²) >= 11 is 5.38. The summed E-state index contributed by atoms with van der Waals surface area (Å²) in [6.45, 7) is 0. The molecule has 0 amide bonds. The van der Waals surface area contributed by atoms with E-state index in [2.05, 4.69) is 0 Å². The number of benzene rings is 2. The van der Waals surface area contributed by atoms with Crippen molar-refractivity contribution < 1.29 is 31.6 Å². The minimum absolute atomic E-state index is 0.275. The topological polar surface area (TPSA) is 52.4 Å². The molecule has 0 aromatic heterocycles. The Morgan fingerprint density at radius 3 is 2.13 bits per heavy atom. The number of rotatable bonds is 3. The Balaban J connectivity index is 2.35. The Morgan fingerprint density at radius 1 is 1.04 bits per heavy atom. The molecule has 0 unspecified atom stereocenters. The molecule has 122 valence electrons. The molecule has 23 heavy (non-hydrogen) atoms. The van der Waals surface area contributed by atoms with E-state index in [-0.39, 0.29) is 5.75 Å². The Morgan fingerprint density at radius 2 is 1.65 bits per heavy atom. The van der Waals surface area contributed by atoms with Crippen molar-refractivity contribution in [3.05, 3.63) is 62.7 Å². The standard InChI is InChI=1S/C13H5ClF5NO3/c14-8-3-7(5-10(16)12(8)13(17,18)19)23-6-1-2-11(20(21)22)9(15)4-6/h1-5H. The van der Waals surface area contributed by atoms with Gasteiger partial charge in [-0.05, 0) is 6.07 Å². The normalized spacial score (nSPS) is 11.4. The van der Waals surface area contributed by atoms with Gasteiger partial charge in [0.05, 0.1) is 9.95 Å². The lowest BCUT2D eigenvalue weighted by atomic mass is 10.2. The van der Waals surface area contributed by atoms with Gasteiger partial charge in [0, 0.05) is 24.3 Å². The van der Waals surface area contributed by atoms with Gasteiger partial charge in [-0.15, -0.1) is 0 Å². The Labute approximate surface area is 130 Å². The summed E-state index contributed by atoms with van der Waals surface area (Å²) < 4.78 is 69.6. The summed E-state index contributed by atoms with van der Waals surface area (Å²) in [5.74, 6) is -3.58. The van der Waals surface area contributed by atoms with Crippen molar-refractivity contribution in [2.45, 2.75) is 6.18 Å². The van der Waals surface area contributed by atoms with Crippen molar-refractivity contribution >= 4 is 17.3 Å². The lowest BCUT2D eigenvalue weighted by Gasteiger charge is -2.12. The SMILES string of the molecule is O=[N+]([O-])c1ccc(Oc2cc(F)c(C(F)(F)F)c(Cl)c2)cc1F. The Kier molecular flexibility index (Phi) is 4.42. The first-order valence-corrected chi connectivity index (χ1v) is 6.15. The van der Waals surface area contributed by atoms with Crippen LogP contribution in [0.2, 0.25) is 5.02 Å². The number of nitro groups is 1. The number of alkyl halides is 3. The van der Waals surface area contributed by atoms with Crippen LogP contribution in [0.1, 0.15) is 5.56 Å². The zero-order valence-electron chi connectivity index (χ0n) is 10.8. The molecule has 0 fully saturated rings. The van der Waals surface area contributed by atoms with Crippen LogP contribution in [0.5, 0.6) is 11.5 Å². The summed E-state index contributed by atoms with van der Waals surface area (Å²) in [6.07, 6.45) is -4.99. The van der Waals surface area contributed by atoms with Crippen LogP contribution < -0.4 is 4.74 Å². The summed E-state index contributed by atoms with van der Waals surface area (Å²) in [7, 11) is 0. The molecule has 0 saturated heterocycles. The van der Waals surface area contributed by atoms with Crippen LogP contribution in [0.3, 0.4) is 0 Å². The maximum atomic E-state index is 13.5. The van der Waals surface area contributed by atoms with Crippen LogP contribution in [0.15, 0.2) is 30.3 Å². The summed E-state index contributed by atoms with van der Waals surface area (Å²) in [5.41, 5.74) is -2.46. The van der Waals surface area contributed by atoms with Gasteiger partial charge < -0.3 is 4.74 Å². The van der Waals surface area contributed by atoms with E-state index in [0.29, 0.717) is 18.2 Å². The lowest BCUT2D eigenvalue weighted by molar-refractivity contribution is -0.387. The van der Waals surface area contributed by atoms with E-state index in [9.17, 15) is 32.1 Å². The number of nitrogens with zero attached hydrogens (tertiary/aromatic N) is 1. The van der Waals surface area contributed by atoms with Crippen LogP contribution in [-0.2, 0) is 6.18 Å². The van der Waals surface area contributed by atoms with E-state index in [4.69, 9.17) is 16.3 Å². The summed E-state index contributed by atoms with van der Waals surface area (Å²) in [4.78, 5) is 9.50. The van der Waals surface area contributed by atoms with Crippen molar-refractivity contribution in [2.24, 2.45) is 0 Å². The minimum atomic E-state index is -4.99. The molecule has 0 aliphatic carbocycles. The maximum Gasteiger partial charge on any atom is 0.420 e. The predicted molar refractivity (Wildman–Crippen MR) is 69.5 cm³/mol. The van der Waals surface area contributed by atoms with Crippen molar-refractivity contribution in [1.82, 2.24) is 0 Å². The maximum absolute atomic E-state index is 13.5. The first-order chi connectivity index (χ1) is 10.6.